The van der Waals surface area contributed by atoms with Gasteiger partial charge < -0.3 is 9.63 Å². The Kier molecular flexibility index (Phi) is 4.88. The van der Waals surface area contributed by atoms with E-state index in [-0.39, 0.29) is 17.3 Å². The second-order valence-electron chi connectivity index (χ2n) is 5.54. The van der Waals surface area contributed by atoms with Gasteiger partial charge in [-0.3, -0.25) is 4.79 Å². The van der Waals surface area contributed by atoms with E-state index >= 15 is 0 Å². The lowest BCUT2D eigenvalue weighted by molar-refractivity contribution is -0.117. The van der Waals surface area contributed by atoms with E-state index in [2.05, 4.69) is 5.16 Å². The van der Waals surface area contributed by atoms with E-state index < -0.39 is 15.9 Å². The van der Waals surface area contributed by atoms with Crippen molar-refractivity contribution >= 4 is 15.9 Å². The van der Waals surface area contributed by atoms with Crippen LogP contribution in [-0.2, 0) is 21.4 Å². The molecule has 0 spiro atoms. The molecule has 1 aromatic heterocycles. The molecule has 0 saturated heterocycles. The molecule has 0 unspecified atom stereocenters. The summed E-state index contributed by atoms with van der Waals surface area (Å²) in [7, 11) is -3.91. The average molecular weight is 372 g/mol. The Hall–Kier alpha value is -2.97. The summed E-state index contributed by atoms with van der Waals surface area (Å²) in [6, 6.07) is 15.2. The predicted molar refractivity (Wildman–Crippen MR) is 94.3 cm³/mol. The molecule has 0 atom stereocenters. The minimum Gasteiger partial charge on any atom is -0.388 e. The minimum absolute atomic E-state index is 0.0419. The number of hydrogen-bond acceptors (Lipinski definition) is 6. The molecule has 2 aromatic carbocycles. The average Bonchev–Trinajstić information content (AvgIpc) is 3.05. The maximum Gasteiger partial charge on any atom is 0.264 e. The van der Waals surface area contributed by atoms with Crippen LogP contribution in [0.25, 0.3) is 22.4 Å². The Morgan fingerprint density at radius 3 is 2.31 bits per heavy atom. The molecule has 134 valence electrons. The van der Waals surface area contributed by atoms with Crippen LogP contribution in [0.5, 0.6) is 0 Å². The van der Waals surface area contributed by atoms with Crippen LogP contribution in [0.4, 0.5) is 0 Å². The number of rotatable bonds is 5. The van der Waals surface area contributed by atoms with Crippen molar-refractivity contribution in [1.29, 1.82) is 0 Å². The van der Waals surface area contributed by atoms with E-state index in [1.54, 1.807) is 12.1 Å². The van der Waals surface area contributed by atoms with Gasteiger partial charge in [-0.1, -0.05) is 47.6 Å². The van der Waals surface area contributed by atoms with Gasteiger partial charge in [0.15, 0.2) is 5.76 Å². The molecule has 0 saturated carbocycles. The molecule has 0 bridgehead atoms. The highest BCUT2D eigenvalue weighted by Gasteiger charge is 2.20. The topological polar surface area (TPSA) is 110 Å². The van der Waals surface area contributed by atoms with Crippen molar-refractivity contribution < 1.29 is 22.8 Å². The van der Waals surface area contributed by atoms with Crippen molar-refractivity contribution in [3.8, 4) is 22.4 Å². The molecule has 1 amide bonds. The number of aromatic nitrogens is 1. The summed E-state index contributed by atoms with van der Waals surface area (Å²) in [5.41, 5.74) is 2.58. The van der Waals surface area contributed by atoms with Gasteiger partial charge in [0.2, 0.25) is 5.91 Å². The number of hydrogen-bond donors (Lipinski definition) is 2. The lowest BCUT2D eigenvalue weighted by Crippen LogP contribution is -2.28. The third kappa shape index (κ3) is 3.51. The van der Waals surface area contributed by atoms with E-state index in [1.807, 2.05) is 35.1 Å². The Bertz CT molecular complexity index is 1030. The highest BCUT2D eigenvalue weighted by molar-refractivity contribution is 7.90. The summed E-state index contributed by atoms with van der Waals surface area (Å²) < 4.78 is 31.2. The lowest BCUT2D eigenvalue weighted by Gasteiger charge is -2.07. The van der Waals surface area contributed by atoms with Gasteiger partial charge in [0, 0.05) is 12.5 Å². The van der Waals surface area contributed by atoms with E-state index in [1.165, 1.54) is 12.1 Å². The number of nitrogens with one attached hydrogen (secondary N) is 1. The van der Waals surface area contributed by atoms with Gasteiger partial charge in [0.05, 0.1) is 10.5 Å². The van der Waals surface area contributed by atoms with Crippen LogP contribution >= 0.6 is 0 Å². The fraction of sp³-hybridized carbons (Fsp3) is 0.111. The monoisotopic (exact) mass is 372 g/mol. The van der Waals surface area contributed by atoms with Crippen LogP contribution in [-0.4, -0.2) is 24.6 Å². The zero-order valence-corrected chi connectivity index (χ0v) is 14.7. The molecule has 0 radical (unpaired) electrons. The maximum atomic E-state index is 12.0. The maximum absolute atomic E-state index is 12.0. The van der Waals surface area contributed by atoms with Crippen molar-refractivity contribution in [1.82, 2.24) is 9.88 Å². The van der Waals surface area contributed by atoms with Crippen molar-refractivity contribution in [3.05, 3.63) is 60.4 Å². The SMILES string of the molecule is CC(=O)NS(=O)(=O)c1ccc(-c2c(-c3ccccc3)noc2CO)cc1. The van der Waals surface area contributed by atoms with Crippen molar-refractivity contribution in [2.24, 2.45) is 0 Å². The molecular formula is C18H16N2O5S. The van der Waals surface area contributed by atoms with Crippen LogP contribution in [0, 0.1) is 0 Å². The second kappa shape index (κ2) is 7.11. The highest BCUT2D eigenvalue weighted by atomic mass is 32.2. The zero-order valence-electron chi connectivity index (χ0n) is 13.8. The number of aliphatic hydroxyl groups excluding tert-OH is 1. The van der Waals surface area contributed by atoms with Gasteiger partial charge in [-0.15, -0.1) is 0 Å². The number of sulfonamides is 1. The third-order valence-corrected chi connectivity index (χ3v) is 5.13. The molecule has 1 heterocycles. The van der Waals surface area contributed by atoms with Crippen LogP contribution in [0.15, 0.2) is 64.0 Å². The number of aliphatic hydroxyl groups is 1. The van der Waals surface area contributed by atoms with Gasteiger partial charge in [-0.05, 0) is 17.7 Å². The first-order valence-corrected chi connectivity index (χ1v) is 9.19. The molecule has 0 aliphatic rings. The van der Waals surface area contributed by atoms with Gasteiger partial charge in [-0.2, -0.15) is 0 Å². The lowest BCUT2D eigenvalue weighted by atomic mass is 9.99. The number of nitrogens with zero attached hydrogens (tertiary/aromatic N) is 1. The van der Waals surface area contributed by atoms with E-state index in [0.29, 0.717) is 16.8 Å². The largest absolute Gasteiger partial charge is 0.388 e. The first-order chi connectivity index (χ1) is 12.4. The van der Waals surface area contributed by atoms with E-state index in [0.717, 1.165) is 12.5 Å². The molecule has 7 nitrogen and oxygen atoms in total. The van der Waals surface area contributed by atoms with E-state index in [9.17, 15) is 18.3 Å². The Balaban J connectivity index is 2.05. The summed E-state index contributed by atoms with van der Waals surface area (Å²) in [5.74, 6) is -0.386. The molecule has 0 aliphatic carbocycles. The van der Waals surface area contributed by atoms with Crippen molar-refractivity contribution in [2.45, 2.75) is 18.4 Å². The smallest absolute Gasteiger partial charge is 0.264 e. The molecule has 3 aromatic rings. The van der Waals surface area contributed by atoms with Crippen molar-refractivity contribution in [2.75, 3.05) is 0 Å². The van der Waals surface area contributed by atoms with Crippen LogP contribution in [0.1, 0.15) is 12.7 Å². The quantitative estimate of drug-likeness (QED) is 0.711. The first-order valence-electron chi connectivity index (χ1n) is 7.71. The summed E-state index contributed by atoms with van der Waals surface area (Å²) in [6.45, 7) is 0.782. The molecule has 0 fully saturated rings. The Morgan fingerprint density at radius 2 is 1.73 bits per heavy atom. The van der Waals surface area contributed by atoms with Gasteiger partial charge in [0.25, 0.3) is 10.0 Å². The van der Waals surface area contributed by atoms with Gasteiger partial charge in [0.1, 0.15) is 12.3 Å². The molecule has 26 heavy (non-hydrogen) atoms. The normalized spacial score (nSPS) is 11.3. The van der Waals surface area contributed by atoms with Crippen LogP contribution in [0.2, 0.25) is 0 Å². The molecule has 3 rings (SSSR count). The number of carbonyl (C=O) groups is 1. The standard InChI is InChI=1S/C18H16N2O5S/c1-12(22)20-26(23,24)15-9-7-13(8-10-15)17-16(11-21)25-19-18(17)14-5-3-2-4-6-14/h2-10,21H,11H2,1H3,(H,20,22). The molecule has 8 heteroatoms. The highest BCUT2D eigenvalue weighted by Crippen LogP contribution is 2.35. The summed E-state index contributed by atoms with van der Waals surface area (Å²) in [5, 5.41) is 13.6. The summed E-state index contributed by atoms with van der Waals surface area (Å²) >= 11 is 0. The fourth-order valence-electron chi connectivity index (χ4n) is 2.57. The minimum atomic E-state index is -3.91. The summed E-state index contributed by atoms with van der Waals surface area (Å²) in [6.07, 6.45) is 0. The Morgan fingerprint density at radius 1 is 1.08 bits per heavy atom. The number of benzene rings is 2. The third-order valence-electron chi connectivity index (χ3n) is 3.68. The van der Waals surface area contributed by atoms with Crippen LogP contribution < -0.4 is 4.72 Å². The molecule has 0 aliphatic heterocycles. The Labute approximate surface area is 150 Å². The van der Waals surface area contributed by atoms with Crippen LogP contribution in [0.3, 0.4) is 0 Å². The molecular weight excluding hydrogens is 356 g/mol. The fourth-order valence-corrected chi connectivity index (χ4v) is 3.56. The predicted octanol–water partition coefficient (Wildman–Crippen LogP) is 2.33. The summed E-state index contributed by atoms with van der Waals surface area (Å²) in [4.78, 5) is 11.0. The molecule has 2 N–H and O–H groups in total. The number of amides is 1. The number of carbonyl (C=O) groups excluding carboxylic acids is 1. The first kappa shape index (κ1) is 17.8. The van der Waals surface area contributed by atoms with Crippen molar-refractivity contribution in [3.63, 3.8) is 0 Å². The second-order valence-corrected chi connectivity index (χ2v) is 7.22. The zero-order chi connectivity index (χ0) is 18.7. The van der Waals surface area contributed by atoms with Gasteiger partial charge in [-0.25, -0.2) is 13.1 Å². The van der Waals surface area contributed by atoms with Gasteiger partial charge >= 0.3 is 0 Å². The van der Waals surface area contributed by atoms with E-state index in [4.69, 9.17) is 4.52 Å².